The zero-order chi connectivity index (χ0) is 18.6. The molecule has 2 aliphatic rings. The summed E-state index contributed by atoms with van der Waals surface area (Å²) in [5.41, 5.74) is -0.266. The van der Waals surface area contributed by atoms with Crippen LogP contribution < -0.4 is 10.2 Å². The van der Waals surface area contributed by atoms with Crippen LogP contribution in [0.1, 0.15) is 25.7 Å². The van der Waals surface area contributed by atoms with Gasteiger partial charge in [-0.1, -0.05) is 12.8 Å². The van der Waals surface area contributed by atoms with Crippen LogP contribution in [0, 0.1) is 5.41 Å². The molecule has 1 saturated heterocycles. The highest BCUT2D eigenvalue weighted by atomic mass is 127. The molecule has 1 aliphatic carbocycles. The van der Waals surface area contributed by atoms with Crippen molar-refractivity contribution in [2.75, 3.05) is 58.8 Å². The van der Waals surface area contributed by atoms with Gasteiger partial charge in [-0.05, 0) is 30.4 Å². The Labute approximate surface area is 184 Å². The zero-order valence-electron chi connectivity index (χ0n) is 16.6. The fraction of sp³-hybridized carbons (Fsp3) is 0.684. The predicted molar refractivity (Wildman–Crippen MR) is 124 cm³/mol. The molecule has 0 bridgehead atoms. The van der Waals surface area contributed by atoms with Crippen LogP contribution in [0.4, 0.5) is 5.00 Å². The van der Waals surface area contributed by atoms with Crippen LogP contribution in [-0.4, -0.2) is 75.5 Å². The lowest BCUT2D eigenvalue weighted by Crippen LogP contribution is -2.55. The van der Waals surface area contributed by atoms with Gasteiger partial charge in [-0.25, -0.2) is 0 Å². The van der Waals surface area contributed by atoms with Gasteiger partial charge < -0.3 is 20.0 Å². The molecule has 0 unspecified atom stereocenters. The minimum atomic E-state index is -0.266. The topological polar surface area (TPSA) is 51.2 Å². The number of carbonyl (C=O) groups is 1. The van der Waals surface area contributed by atoms with Crippen LogP contribution in [0.15, 0.2) is 22.5 Å². The van der Waals surface area contributed by atoms with Gasteiger partial charge in [0.2, 0.25) is 5.91 Å². The molecule has 1 aromatic heterocycles. The average molecular weight is 505 g/mol. The quantitative estimate of drug-likeness (QED) is 0.389. The second-order valence-electron chi connectivity index (χ2n) is 7.51. The third-order valence-electron chi connectivity index (χ3n) is 5.61. The molecule has 1 saturated carbocycles. The van der Waals surface area contributed by atoms with E-state index in [2.05, 4.69) is 37.6 Å². The first kappa shape index (κ1) is 22.3. The third-order valence-corrected chi connectivity index (χ3v) is 6.54. The van der Waals surface area contributed by atoms with Crippen molar-refractivity contribution in [3.8, 4) is 0 Å². The second kappa shape index (κ2) is 9.95. The van der Waals surface area contributed by atoms with E-state index < -0.39 is 0 Å². The Morgan fingerprint density at radius 1 is 1.26 bits per heavy atom. The number of rotatable bonds is 4. The van der Waals surface area contributed by atoms with Crippen LogP contribution in [0.3, 0.4) is 0 Å². The summed E-state index contributed by atoms with van der Waals surface area (Å²) in [5, 5.41) is 6.99. The lowest BCUT2D eigenvalue weighted by molar-refractivity contribution is -0.138. The Kier molecular flexibility index (Phi) is 8.20. The van der Waals surface area contributed by atoms with Gasteiger partial charge in [0, 0.05) is 53.9 Å². The highest BCUT2D eigenvalue weighted by molar-refractivity contribution is 14.0. The Morgan fingerprint density at radius 2 is 1.93 bits per heavy atom. The molecule has 2 heterocycles. The minimum Gasteiger partial charge on any atom is -0.360 e. The van der Waals surface area contributed by atoms with Crippen molar-refractivity contribution in [2.45, 2.75) is 25.7 Å². The molecule has 1 N–H and O–H groups in total. The van der Waals surface area contributed by atoms with Crippen LogP contribution in [0.5, 0.6) is 0 Å². The highest BCUT2D eigenvalue weighted by Gasteiger charge is 2.42. The van der Waals surface area contributed by atoms with Gasteiger partial charge in [0.15, 0.2) is 5.96 Å². The number of anilines is 1. The van der Waals surface area contributed by atoms with Gasteiger partial charge in [0.25, 0.3) is 0 Å². The number of nitrogens with one attached hydrogen (secondary N) is 1. The van der Waals surface area contributed by atoms with Crippen molar-refractivity contribution in [3.63, 3.8) is 0 Å². The molecular weight excluding hydrogens is 473 g/mol. The van der Waals surface area contributed by atoms with Crippen molar-refractivity contribution < 1.29 is 4.79 Å². The summed E-state index contributed by atoms with van der Waals surface area (Å²) in [5.74, 6) is 1.18. The average Bonchev–Trinajstić information content (AvgIpc) is 3.35. The Hall–Kier alpha value is -1.03. The number of halogens is 1. The molecule has 0 radical (unpaired) electrons. The largest absolute Gasteiger partial charge is 0.360 e. The number of thiophene rings is 1. The van der Waals surface area contributed by atoms with Crippen LogP contribution in [0.25, 0.3) is 0 Å². The fourth-order valence-corrected chi connectivity index (χ4v) is 4.95. The molecule has 0 aromatic carbocycles. The molecule has 3 rings (SSSR count). The number of piperazine rings is 1. The molecular formula is C19H32IN5OS. The predicted octanol–water partition coefficient (Wildman–Crippen LogP) is 2.71. The lowest BCUT2D eigenvalue weighted by atomic mass is 9.84. The fourth-order valence-electron chi connectivity index (χ4n) is 4.16. The zero-order valence-corrected chi connectivity index (χ0v) is 19.8. The van der Waals surface area contributed by atoms with Crippen molar-refractivity contribution >= 4 is 52.2 Å². The first-order valence-electron chi connectivity index (χ1n) is 9.51. The Morgan fingerprint density at radius 3 is 2.44 bits per heavy atom. The molecule has 27 heavy (non-hydrogen) atoms. The number of aliphatic imine (C=N–C) groups is 1. The minimum absolute atomic E-state index is 0. The van der Waals surface area contributed by atoms with Gasteiger partial charge in [-0.2, -0.15) is 0 Å². The maximum absolute atomic E-state index is 12.7. The Balaban J connectivity index is 0.00000261. The molecule has 0 atom stereocenters. The van der Waals surface area contributed by atoms with Gasteiger partial charge in [0.05, 0.1) is 10.4 Å². The summed E-state index contributed by atoms with van der Waals surface area (Å²) < 4.78 is 0. The van der Waals surface area contributed by atoms with E-state index in [9.17, 15) is 4.79 Å². The molecule has 6 nitrogen and oxygen atoms in total. The molecule has 2 fully saturated rings. The molecule has 152 valence electrons. The lowest BCUT2D eigenvalue weighted by Gasteiger charge is -2.38. The molecule has 1 aromatic rings. The first-order valence-corrected chi connectivity index (χ1v) is 10.4. The highest BCUT2D eigenvalue weighted by Crippen LogP contribution is 2.39. The first-order chi connectivity index (χ1) is 12.6. The molecule has 1 amide bonds. The number of amides is 1. The maximum atomic E-state index is 12.7. The SMILES string of the molecule is CN=C(NCC1(C(=O)N(C)C)CCCC1)N1CCN(c2cccs2)CC1.I. The number of hydrogen-bond donors (Lipinski definition) is 1. The summed E-state index contributed by atoms with van der Waals surface area (Å²) in [7, 11) is 5.56. The van der Waals surface area contributed by atoms with Gasteiger partial charge in [-0.3, -0.25) is 9.79 Å². The molecule has 0 spiro atoms. The van der Waals surface area contributed by atoms with E-state index >= 15 is 0 Å². The van der Waals surface area contributed by atoms with E-state index in [1.807, 2.05) is 21.1 Å². The van der Waals surface area contributed by atoms with Crippen molar-refractivity contribution in [1.29, 1.82) is 0 Å². The van der Waals surface area contributed by atoms with Crippen LogP contribution in [0.2, 0.25) is 0 Å². The standard InChI is InChI=1S/C19H31N5OS.HI/c1-20-18(21-15-19(8-4-5-9-19)17(25)22(2)3)24-12-10-23(11-13-24)16-7-6-14-26-16;/h6-7,14H,4-5,8-13,15H2,1-3H3,(H,20,21);1H. The maximum Gasteiger partial charge on any atom is 0.230 e. The molecule has 1 aliphatic heterocycles. The molecule has 8 heteroatoms. The van der Waals surface area contributed by atoms with Gasteiger partial charge >= 0.3 is 0 Å². The normalized spacial score (nSPS) is 19.6. The number of guanidine groups is 1. The van der Waals surface area contributed by atoms with Gasteiger partial charge in [-0.15, -0.1) is 35.3 Å². The summed E-state index contributed by atoms with van der Waals surface area (Å²) >= 11 is 1.80. The third kappa shape index (κ3) is 5.07. The summed E-state index contributed by atoms with van der Waals surface area (Å²) in [6.07, 6.45) is 4.22. The van der Waals surface area contributed by atoms with E-state index in [0.717, 1.165) is 57.8 Å². The van der Waals surface area contributed by atoms with Gasteiger partial charge in [0.1, 0.15) is 0 Å². The monoisotopic (exact) mass is 505 g/mol. The number of hydrogen-bond acceptors (Lipinski definition) is 4. The van der Waals surface area contributed by atoms with Crippen LogP contribution >= 0.6 is 35.3 Å². The smallest absolute Gasteiger partial charge is 0.230 e. The number of nitrogens with zero attached hydrogens (tertiary/aromatic N) is 4. The van der Waals surface area contributed by atoms with Crippen molar-refractivity contribution in [3.05, 3.63) is 17.5 Å². The van der Waals surface area contributed by atoms with E-state index in [1.54, 1.807) is 16.2 Å². The van der Waals surface area contributed by atoms with Crippen molar-refractivity contribution in [2.24, 2.45) is 10.4 Å². The summed E-state index contributed by atoms with van der Waals surface area (Å²) in [6, 6.07) is 4.29. The summed E-state index contributed by atoms with van der Waals surface area (Å²) in [6.45, 7) is 4.59. The van der Waals surface area contributed by atoms with E-state index in [4.69, 9.17) is 0 Å². The van der Waals surface area contributed by atoms with E-state index in [0.29, 0.717) is 6.54 Å². The van der Waals surface area contributed by atoms with E-state index in [1.165, 1.54) is 5.00 Å². The van der Waals surface area contributed by atoms with E-state index in [-0.39, 0.29) is 35.3 Å². The van der Waals surface area contributed by atoms with Crippen molar-refractivity contribution in [1.82, 2.24) is 15.1 Å². The Bertz CT molecular complexity index is 620. The van der Waals surface area contributed by atoms with Crippen LogP contribution in [-0.2, 0) is 4.79 Å². The summed E-state index contributed by atoms with van der Waals surface area (Å²) in [4.78, 5) is 23.7. The number of carbonyl (C=O) groups excluding carboxylic acids is 1. The second-order valence-corrected chi connectivity index (χ2v) is 8.44.